The summed E-state index contributed by atoms with van der Waals surface area (Å²) in [4.78, 5) is 35.2. The molecule has 1 aromatic carbocycles. The average Bonchev–Trinajstić information content (AvgIpc) is 3.16. The number of benzene rings is 1. The number of nitrogens with zero attached hydrogens (tertiary/aromatic N) is 3. The summed E-state index contributed by atoms with van der Waals surface area (Å²) >= 11 is 1.41. The van der Waals surface area contributed by atoms with Crippen LogP contribution in [-0.2, 0) is 11.2 Å². The molecule has 3 aliphatic rings. The highest BCUT2D eigenvalue weighted by Gasteiger charge is 2.35. The molecule has 9 heteroatoms. The van der Waals surface area contributed by atoms with E-state index in [1.807, 2.05) is 32.0 Å². The molecule has 1 aromatic heterocycles. The summed E-state index contributed by atoms with van der Waals surface area (Å²) in [5.41, 5.74) is 2.16. The highest BCUT2D eigenvalue weighted by Crippen LogP contribution is 2.42. The molecule has 32 heavy (non-hydrogen) atoms. The quantitative estimate of drug-likeness (QED) is 0.740. The van der Waals surface area contributed by atoms with Gasteiger partial charge in [-0.1, -0.05) is 11.3 Å². The molecule has 2 amide bonds. The van der Waals surface area contributed by atoms with Crippen molar-refractivity contribution in [2.45, 2.75) is 38.6 Å². The molecule has 3 aliphatic heterocycles. The Labute approximate surface area is 191 Å². The van der Waals surface area contributed by atoms with Crippen LogP contribution in [-0.4, -0.2) is 60.5 Å². The number of anilines is 3. The highest BCUT2D eigenvalue weighted by molar-refractivity contribution is 7.17. The number of hydrogen-bond acceptors (Lipinski definition) is 7. The third kappa shape index (κ3) is 4.06. The molecule has 8 nitrogen and oxygen atoms in total. The Balaban J connectivity index is 1.39. The van der Waals surface area contributed by atoms with Gasteiger partial charge in [0.1, 0.15) is 17.2 Å². The van der Waals surface area contributed by atoms with Crippen LogP contribution in [0, 0.1) is 5.92 Å². The third-order valence-corrected chi connectivity index (χ3v) is 7.48. The van der Waals surface area contributed by atoms with Gasteiger partial charge >= 0.3 is 0 Å². The van der Waals surface area contributed by atoms with Crippen LogP contribution in [0.5, 0.6) is 5.75 Å². The summed E-state index contributed by atoms with van der Waals surface area (Å²) in [6, 6.07) is 5.73. The molecule has 5 rings (SSSR count). The maximum absolute atomic E-state index is 12.8. The summed E-state index contributed by atoms with van der Waals surface area (Å²) in [6.07, 6.45) is 2.46. The van der Waals surface area contributed by atoms with Gasteiger partial charge in [-0.3, -0.25) is 9.59 Å². The molecule has 1 saturated heterocycles. The number of piperidine rings is 1. The molecule has 0 unspecified atom stereocenters. The Morgan fingerprint density at radius 2 is 2.06 bits per heavy atom. The van der Waals surface area contributed by atoms with Crippen molar-refractivity contribution in [2.75, 3.05) is 43.5 Å². The number of aromatic nitrogens is 1. The van der Waals surface area contributed by atoms with Crippen molar-refractivity contribution < 1.29 is 14.3 Å². The minimum absolute atomic E-state index is 0.0436. The SMILES string of the molecule is CN1CCC(C(=O)Nc2ccc3c(c2)N(c2nc4c(s2)C(=O)NC(C)(C)C4)CCO3)CC1. The van der Waals surface area contributed by atoms with Gasteiger partial charge in [-0.05, 0) is 65.0 Å². The van der Waals surface area contributed by atoms with Crippen LogP contribution in [0.25, 0.3) is 0 Å². The number of hydrogen-bond donors (Lipinski definition) is 2. The zero-order valence-electron chi connectivity index (χ0n) is 18.7. The number of fused-ring (bicyclic) bond motifs is 2. The molecule has 2 N–H and O–H groups in total. The predicted octanol–water partition coefficient (Wildman–Crippen LogP) is 3.02. The molecular weight excluding hydrogens is 426 g/mol. The van der Waals surface area contributed by atoms with E-state index in [9.17, 15) is 9.59 Å². The van der Waals surface area contributed by atoms with E-state index in [-0.39, 0.29) is 23.3 Å². The fourth-order valence-electron chi connectivity index (χ4n) is 4.59. The fourth-order valence-corrected chi connectivity index (χ4v) is 5.61. The van der Waals surface area contributed by atoms with E-state index in [0.29, 0.717) is 24.4 Å². The molecule has 0 bridgehead atoms. The first-order chi connectivity index (χ1) is 15.3. The first kappa shape index (κ1) is 21.2. The molecule has 0 saturated carbocycles. The lowest BCUT2D eigenvalue weighted by Gasteiger charge is -2.30. The van der Waals surface area contributed by atoms with E-state index in [2.05, 4.69) is 27.5 Å². The number of amides is 2. The molecule has 170 valence electrons. The van der Waals surface area contributed by atoms with Gasteiger partial charge < -0.3 is 25.2 Å². The van der Waals surface area contributed by atoms with Gasteiger partial charge in [0.15, 0.2) is 5.13 Å². The number of thiazole rings is 1. The van der Waals surface area contributed by atoms with Gasteiger partial charge in [0.2, 0.25) is 5.91 Å². The summed E-state index contributed by atoms with van der Waals surface area (Å²) in [7, 11) is 2.09. The number of carbonyl (C=O) groups is 2. The zero-order chi connectivity index (χ0) is 22.5. The van der Waals surface area contributed by atoms with Gasteiger partial charge in [-0.2, -0.15) is 0 Å². The van der Waals surface area contributed by atoms with Crippen LogP contribution in [0.3, 0.4) is 0 Å². The normalized spacial score (nSPS) is 20.7. The van der Waals surface area contributed by atoms with Crippen LogP contribution in [0.4, 0.5) is 16.5 Å². The highest BCUT2D eigenvalue weighted by atomic mass is 32.1. The molecular formula is C23H29N5O3S. The van der Waals surface area contributed by atoms with E-state index in [1.165, 1.54) is 11.3 Å². The molecule has 0 spiro atoms. The summed E-state index contributed by atoms with van der Waals surface area (Å²) in [6.45, 7) is 7.09. The largest absolute Gasteiger partial charge is 0.490 e. The smallest absolute Gasteiger partial charge is 0.263 e. The van der Waals surface area contributed by atoms with E-state index in [0.717, 1.165) is 53.9 Å². The Hall–Kier alpha value is -2.65. The first-order valence-electron chi connectivity index (χ1n) is 11.1. The van der Waals surface area contributed by atoms with Crippen molar-refractivity contribution in [1.29, 1.82) is 0 Å². The molecule has 0 radical (unpaired) electrons. The molecule has 0 atom stereocenters. The molecule has 1 fully saturated rings. The van der Waals surface area contributed by atoms with Gasteiger partial charge in [0.25, 0.3) is 5.91 Å². The molecule has 4 heterocycles. The van der Waals surface area contributed by atoms with Gasteiger partial charge in [0.05, 0.1) is 17.9 Å². The molecule has 2 aromatic rings. The number of ether oxygens (including phenoxy) is 1. The summed E-state index contributed by atoms with van der Waals surface area (Å²) < 4.78 is 5.86. The first-order valence-corrected chi connectivity index (χ1v) is 12.0. The standard InChI is InChI=1S/C23H29N5O3S/c1-23(2)13-16-19(21(30)26-23)32-22(25-16)28-10-11-31-18-5-4-15(12-17(18)28)24-20(29)14-6-8-27(3)9-7-14/h4-5,12,14H,6-11,13H2,1-3H3,(H,24,29)(H,26,30). The Kier molecular flexibility index (Phi) is 5.33. The van der Waals surface area contributed by atoms with Crippen LogP contribution >= 0.6 is 11.3 Å². The molecule has 0 aliphatic carbocycles. The minimum Gasteiger partial charge on any atom is -0.490 e. The average molecular weight is 456 g/mol. The van der Waals surface area contributed by atoms with Gasteiger partial charge in [-0.15, -0.1) is 0 Å². The van der Waals surface area contributed by atoms with Gasteiger partial charge in [0, 0.05) is 23.6 Å². The number of nitrogens with one attached hydrogen (secondary N) is 2. The Morgan fingerprint density at radius 3 is 2.84 bits per heavy atom. The van der Waals surface area contributed by atoms with Crippen molar-refractivity contribution in [1.82, 2.24) is 15.2 Å². The van der Waals surface area contributed by atoms with Crippen molar-refractivity contribution in [2.24, 2.45) is 5.92 Å². The second kappa shape index (κ2) is 8.04. The van der Waals surface area contributed by atoms with Gasteiger partial charge in [-0.25, -0.2) is 4.98 Å². The van der Waals surface area contributed by atoms with Crippen LogP contribution in [0.15, 0.2) is 18.2 Å². The van der Waals surface area contributed by atoms with E-state index < -0.39 is 0 Å². The topological polar surface area (TPSA) is 86.8 Å². The lowest BCUT2D eigenvalue weighted by molar-refractivity contribution is -0.121. The van der Waals surface area contributed by atoms with Crippen molar-refractivity contribution in [3.63, 3.8) is 0 Å². The lowest BCUT2D eigenvalue weighted by Crippen LogP contribution is -2.48. The summed E-state index contributed by atoms with van der Waals surface area (Å²) in [5, 5.41) is 6.93. The van der Waals surface area contributed by atoms with E-state index in [4.69, 9.17) is 9.72 Å². The Morgan fingerprint density at radius 1 is 1.28 bits per heavy atom. The lowest BCUT2D eigenvalue weighted by atomic mass is 9.94. The maximum Gasteiger partial charge on any atom is 0.263 e. The second-order valence-electron chi connectivity index (χ2n) is 9.54. The number of carbonyl (C=O) groups excluding carboxylic acids is 2. The van der Waals surface area contributed by atoms with Crippen LogP contribution < -0.4 is 20.3 Å². The van der Waals surface area contributed by atoms with Crippen molar-refractivity contribution in [3.05, 3.63) is 28.8 Å². The Bertz CT molecular complexity index is 1060. The van der Waals surface area contributed by atoms with Crippen LogP contribution in [0.2, 0.25) is 0 Å². The third-order valence-electron chi connectivity index (χ3n) is 6.36. The van der Waals surface area contributed by atoms with Crippen LogP contribution in [0.1, 0.15) is 42.1 Å². The minimum atomic E-state index is -0.302. The predicted molar refractivity (Wildman–Crippen MR) is 125 cm³/mol. The van der Waals surface area contributed by atoms with Crippen molar-refractivity contribution in [3.8, 4) is 5.75 Å². The fraction of sp³-hybridized carbons (Fsp3) is 0.522. The van der Waals surface area contributed by atoms with E-state index in [1.54, 1.807) is 0 Å². The summed E-state index contributed by atoms with van der Waals surface area (Å²) in [5.74, 6) is 0.811. The van der Waals surface area contributed by atoms with E-state index >= 15 is 0 Å². The second-order valence-corrected chi connectivity index (χ2v) is 10.5. The monoisotopic (exact) mass is 455 g/mol. The maximum atomic E-state index is 12.8. The number of likely N-dealkylation sites (tertiary alicyclic amines) is 1. The number of rotatable bonds is 3. The van der Waals surface area contributed by atoms with Crippen molar-refractivity contribution >= 4 is 39.7 Å². The zero-order valence-corrected chi connectivity index (χ0v) is 19.6.